The van der Waals surface area contributed by atoms with E-state index in [4.69, 9.17) is 0 Å². The number of hydrogen-bond donors (Lipinski definition) is 1. The van der Waals surface area contributed by atoms with Crippen molar-refractivity contribution in [3.63, 3.8) is 0 Å². The monoisotopic (exact) mass is 373 g/mol. The maximum Gasteiger partial charge on any atom is 0.0758 e. The van der Waals surface area contributed by atoms with E-state index < -0.39 is 0 Å². The summed E-state index contributed by atoms with van der Waals surface area (Å²) >= 11 is 8.86. The zero-order valence-electron chi connectivity index (χ0n) is 9.41. The van der Waals surface area contributed by atoms with E-state index >= 15 is 0 Å². The summed E-state index contributed by atoms with van der Waals surface area (Å²) in [7, 11) is 2.01. The predicted molar refractivity (Wildman–Crippen MR) is 81.7 cm³/mol. The molecule has 1 heterocycles. The van der Waals surface area contributed by atoms with Crippen molar-refractivity contribution in [3.05, 3.63) is 55.1 Å². The lowest BCUT2D eigenvalue weighted by Crippen LogP contribution is -2.18. The van der Waals surface area contributed by atoms with Crippen LogP contribution in [0.5, 0.6) is 0 Å². The topological polar surface area (TPSA) is 12.0 Å². The van der Waals surface area contributed by atoms with Crippen molar-refractivity contribution in [2.45, 2.75) is 12.5 Å². The fourth-order valence-electron chi connectivity index (χ4n) is 1.81. The van der Waals surface area contributed by atoms with Gasteiger partial charge in [-0.15, -0.1) is 11.3 Å². The molecule has 0 amide bonds. The maximum atomic E-state index is 3.62. The van der Waals surface area contributed by atoms with Crippen LogP contribution in [0.25, 0.3) is 0 Å². The molecular formula is C13H13Br2NS. The van der Waals surface area contributed by atoms with Gasteiger partial charge in [0.1, 0.15) is 0 Å². The summed E-state index contributed by atoms with van der Waals surface area (Å²) in [5.74, 6) is 0. The molecule has 4 heteroatoms. The molecule has 0 radical (unpaired) electrons. The summed E-state index contributed by atoms with van der Waals surface area (Å²) in [5, 5.41) is 3.38. The first-order chi connectivity index (χ1) is 8.20. The van der Waals surface area contributed by atoms with Crippen LogP contribution in [0.15, 0.2) is 44.0 Å². The molecule has 90 valence electrons. The van der Waals surface area contributed by atoms with Crippen LogP contribution in [0, 0.1) is 0 Å². The second-order valence-electron chi connectivity index (χ2n) is 3.81. The highest BCUT2D eigenvalue weighted by Gasteiger charge is 2.15. The molecule has 1 aromatic heterocycles. The summed E-state index contributed by atoms with van der Waals surface area (Å²) < 4.78 is 2.35. The fourth-order valence-corrected chi connectivity index (χ4v) is 4.78. The Kier molecular flexibility index (Phi) is 4.79. The molecule has 17 heavy (non-hydrogen) atoms. The van der Waals surface area contributed by atoms with Gasteiger partial charge < -0.3 is 5.32 Å². The highest BCUT2D eigenvalue weighted by Crippen LogP contribution is 2.36. The Bertz CT molecular complexity index is 481. The van der Waals surface area contributed by atoms with Gasteiger partial charge in [-0.1, -0.05) is 30.3 Å². The average Bonchev–Trinajstić information content (AvgIpc) is 2.67. The third-order valence-electron chi connectivity index (χ3n) is 2.69. The van der Waals surface area contributed by atoms with Crippen molar-refractivity contribution in [2.75, 3.05) is 7.05 Å². The average molecular weight is 375 g/mol. The maximum absolute atomic E-state index is 3.62. The van der Waals surface area contributed by atoms with Gasteiger partial charge in [0, 0.05) is 6.04 Å². The quantitative estimate of drug-likeness (QED) is 0.812. The van der Waals surface area contributed by atoms with Crippen LogP contribution in [0.2, 0.25) is 0 Å². The minimum absolute atomic E-state index is 0.342. The van der Waals surface area contributed by atoms with Crippen molar-refractivity contribution < 1.29 is 0 Å². The third-order valence-corrected chi connectivity index (χ3v) is 5.08. The van der Waals surface area contributed by atoms with Gasteiger partial charge in [-0.3, -0.25) is 0 Å². The number of benzene rings is 1. The smallest absolute Gasteiger partial charge is 0.0758 e. The van der Waals surface area contributed by atoms with Crippen LogP contribution in [-0.2, 0) is 6.42 Å². The number of hydrogen-bond acceptors (Lipinski definition) is 2. The molecule has 1 nitrogen and oxygen atoms in total. The van der Waals surface area contributed by atoms with Gasteiger partial charge in [0.15, 0.2) is 0 Å². The SMILES string of the molecule is CNC(Cc1ccccc1)c1cc(Br)sc1Br. The minimum atomic E-state index is 0.342. The number of likely N-dealkylation sites (N-methyl/N-ethyl adjacent to an activating group) is 1. The van der Waals surface area contributed by atoms with E-state index in [0.29, 0.717) is 6.04 Å². The molecule has 1 unspecified atom stereocenters. The first kappa shape index (κ1) is 13.3. The Labute approximate surface area is 123 Å². The second-order valence-corrected chi connectivity index (χ2v) is 7.56. The first-order valence-corrected chi connectivity index (χ1v) is 7.77. The lowest BCUT2D eigenvalue weighted by atomic mass is 10.0. The van der Waals surface area contributed by atoms with E-state index in [2.05, 4.69) is 73.6 Å². The van der Waals surface area contributed by atoms with E-state index in [-0.39, 0.29) is 0 Å². The molecule has 1 aromatic carbocycles. The molecule has 0 aliphatic carbocycles. The molecule has 0 bridgehead atoms. The number of halogens is 2. The molecule has 1 N–H and O–H groups in total. The Morgan fingerprint density at radius 2 is 1.94 bits per heavy atom. The van der Waals surface area contributed by atoms with Crippen molar-refractivity contribution in [3.8, 4) is 0 Å². The van der Waals surface area contributed by atoms with Gasteiger partial charge in [0.05, 0.1) is 7.57 Å². The zero-order valence-corrected chi connectivity index (χ0v) is 13.4. The van der Waals surface area contributed by atoms with E-state index in [9.17, 15) is 0 Å². The Hall–Kier alpha value is -0.160. The normalized spacial score (nSPS) is 12.6. The van der Waals surface area contributed by atoms with Crippen molar-refractivity contribution >= 4 is 43.2 Å². The molecular weight excluding hydrogens is 362 g/mol. The van der Waals surface area contributed by atoms with E-state index in [1.165, 1.54) is 14.9 Å². The van der Waals surface area contributed by atoms with E-state index in [1.54, 1.807) is 11.3 Å². The molecule has 0 spiro atoms. The standard InChI is InChI=1S/C13H13Br2NS/c1-16-11(7-9-5-3-2-4-6-9)10-8-12(14)17-13(10)15/h2-6,8,11,16H,7H2,1H3. The summed E-state index contributed by atoms with van der Waals surface area (Å²) in [6.07, 6.45) is 0.999. The largest absolute Gasteiger partial charge is 0.313 e. The van der Waals surface area contributed by atoms with Crippen LogP contribution in [0.4, 0.5) is 0 Å². The molecule has 0 saturated heterocycles. The first-order valence-electron chi connectivity index (χ1n) is 5.36. The van der Waals surface area contributed by atoms with Crippen molar-refractivity contribution in [1.82, 2.24) is 5.32 Å². The van der Waals surface area contributed by atoms with E-state index in [0.717, 1.165) is 10.2 Å². The van der Waals surface area contributed by atoms with Gasteiger partial charge >= 0.3 is 0 Å². The molecule has 1 atom stereocenters. The summed E-state index contributed by atoms with van der Waals surface area (Å²) in [6.45, 7) is 0. The predicted octanol–water partition coefficient (Wildman–Crippen LogP) is 4.78. The van der Waals surface area contributed by atoms with Gasteiger partial charge in [0.25, 0.3) is 0 Å². The highest BCUT2D eigenvalue weighted by atomic mass is 79.9. The van der Waals surface area contributed by atoms with Crippen molar-refractivity contribution in [1.29, 1.82) is 0 Å². The zero-order chi connectivity index (χ0) is 12.3. The Balaban J connectivity index is 2.20. The van der Waals surface area contributed by atoms with Crippen LogP contribution in [-0.4, -0.2) is 7.05 Å². The van der Waals surface area contributed by atoms with Gasteiger partial charge in [0.2, 0.25) is 0 Å². The minimum Gasteiger partial charge on any atom is -0.313 e. The fraction of sp³-hybridized carbons (Fsp3) is 0.231. The molecule has 2 rings (SSSR count). The van der Waals surface area contributed by atoms with Crippen LogP contribution in [0.3, 0.4) is 0 Å². The summed E-state index contributed by atoms with van der Waals surface area (Å²) in [6, 6.07) is 13.1. The number of nitrogens with one attached hydrogen (secondary N) is 1. The van der Waals surface area contributed by atoms with Gasteiger partial charge in [-0.2, -0.15) is 0 Å². The molecule has 0 aliphatic rings. The van der Waals surface area contributed by atoms with E-state index in [1.807, 2.05) is 7.05 Å². The van der Waals surface area contributed by atoms with Crippen molar-refractivity contribution in [2.24, 2.45) is 0 Å². The van der Waals surface area contributed by atoms with Crippen LogP contribution < -0.4 is 5.32 Å². The summed E-state index contributed by atoms with van der Waals surface area (Å²) in [5.41, 5.74) is 2.66. The lowest BCUT2D eigenvalue weighted by molar-refractivity contribution is 0.592. The third kappa shape index (κ3) is 3.41. The number of thiophene rings is 1. The number of rotatable bonds is 4. The molecule has 2 aromatic rings. The van der Waals surface area contributed by atoms with Crippen LogP contribution in [0.1, 0.15) is 17.2 Å². The Morgan fingerprint density at radius 3 is 2.47 bits per heavy atom. The van der Waals surface area contributed by atoms with Gasteiger partial charge in [-0.25, -0.2) is 0 Å². The summed E-state index contributed by atoms with van der Waals surface area (Å²) in [4.78, 5) is 0. The second kappa shape index (κ2) is 6.14. The molecule has 0 saturated carbocycles. The lowest BCUT2D eigenvalue weighted by Gasteiger charge is -2.15. The Morgan fingerprint density at radius 1 is 1.24 bits per heavy atom. The highest BCUT2D eigenvalue weighted by molar-refractivity contribution is 9.12. The molecule has 0 fully saturated rings. The van der Waals surface area contributed by atoms with Crippen LogP contribution >= 0.6 is 43.2 Å². The molecule has 0 aliphatic heterocycles. The van der Waals surface area contributed by atoms with Gasteiger partial charge in [-0.05, 0) is 62.5 Å².